The van der Waals surface area contributed by atoms with Gasteiger partial charge in [0, 0.05) is 25.9 Å². The van der Waals surface area contributed by atoms with Gasteiger partial charge in [-0.2, -0.15) is 0 Å². The molecular formula is C14H27N3O5. The van der Waals surface area contributed by atoms with Crippen LogP contribution in [0.2, 0.25) is 0 Å². The molecule has 0 aliphatic rings. The maximum absolute atomic E-state index is 11.4. The molecule has 22 heavy (non-hydrogen) atoms. The minimum atomic E-state index is -1.01. The van der Waals surface area contributed by atoms with Crippen molar-refractivity contribution in [3.05, 3.63) is 0 Å². The molecule has 0 aromatic carbocycles. The highest BCUT2D eigenvalue weighted by atomic mass is 16.4. The number of amides is 2. The van der Waals surface area contributed by atoms with Crippen LogP contribution in [0.1, 0.15) is 33.6 Å². The second-order valence-corrected chi connectivity index (χ2v) is 4.47. The van der Waals surface area contributed by atoms with E-state index in [9.17, 15) is 19.2 Å². The first kappa shape index (κ1) is 22.3. The molecular weight excluding hydrogens is 290 g/mol. The van der Waals surface area contributed by atoms with Crippen LogP contribution in [0.15, 0.2) is 0 Å². The fraction of sp³-hybridized carbons (Fsp3) is 0.714. The molecule has 0 rings (SSSR count). The second-order valence-electron chi connectivity index (χ2n) is 4.47. The first-order chi connectivity index (χ1) is 10.3. The number of carboxylic acids is 1. The molecule has 0 saturated carbocycles. The zero-order valence-electron chi connectivity index (χ0n) is 13.8. The Morgan fingerprint density at radius 2 is 1.41 bits per heavy atom. The van der Waals surface area contributed by atoms with Gasteiger partial charge in [-0.15, -0.1) is 0 Å². The lowest BCUT2D eigenvalue weighted by Crippen LogP contribution is -2.39. The number of rotatable bonds is 10. The number of nitrogens with one attached hydrogen (secondary N) is 2. The Morgan fingerprint density at radius 3 is 1.91 bits per heavy atom. The summed E-state index contributed by atoms with van der Waals surface area (Å²) in [6.45, 7) is 5.65. The molecule has 0 saturated heterocycles. The van der Waals surface area contributed by atoms with E-state index in [1.54, 1.807) is 0 Å². The third kappa shape index (κ3) is 16.1. The van der Waals surface area contributed by atoms with Gasteiger partial charge in [-0.25, -0.2) is 0 Å². The molecule has 8 heteroatoms. The van der Waals surface area contributed by atoms with Crippen molar-refractivity contribution in [2.75, 3.05) is 33.2 Å². The molecule has 128 valence electrons. The minimum absolute atomic E-state index is 0.0000652. The number of carbonyl (C=O) groups excluding carboxylic acids is 3. The molecule has 0 bridgehead atoms. The largest absolute Gasteiger partial charge is 0.480 e. The van der Waals surface area contributed by atoms with Gasteiger partial charge < -0.3 is 15.7 Å². The van der Waals surface area contributed by atoms with Gasteiger partial charge in [0.05, 0.1) is 13.1 Å². The lowest BCUT2D eigenvalue weighted by Gasteiger charge is -2.13. The van der Waals surface area contributed by atoms with Crippen molar-refractivity contribution in [1.29, 1.82) is 0 Å². The highest BCUT2D eigenvalue weighted by molar-refractivity contribution is 5.81. The van der Waals surface area contributed by atoms with E-state index in [1.807, 2.05) is 13.8 Å². The SMILES string of the molecule is CC.CC(=O)CCNC(=O)CCNC(=O)CN(C)CC(=O)O. The number of nitrogens with zero attached hydrogens (tertiary/aromatic N) is 1. The summed E-state index contributed by atoms with van der Waals surface area (Å²) in [7, 11) is 1.52. The Kier molecular flexibility index (Phi) is 14.2. The van der Waals surface area contributed by atoms with Crippen molar-refractivity contribution in [1.82, 2.24) is 15.5 Å². The third-order valence-corrected chi connectivity index (χ3v) is 2.29. The van der Waals surface area contributed by atoms with Gasteiger partial charge in [0.2, 0.25) is 11.8 Å². The normalized spacial score (nSPS) is 9.50. The number of Topliss-reactive ketones (excluding diaryl/α,β-unsaturated/α-hetero) is 1. The highest BCUT2D eigenvalue weighted by Gasteiger charge is 2.09. The fourth-order valence-corrected chi connectivity index (χ4v) is 1.37. The number of carboxylic acid groups (broad SMARTS) is 1. The topological polar surface area (TPSA) is 116 Å². The molecule has 0 aromatic rings. The molecule has 0 aromatic heterocycles. The zero-order valence-corrected chi connectivity index (χ0v) is 13.8. The van der Waals surface area contributed by atoms with Crippen LogP contribution in [0.5, 0.6) is 0 Å². The summed E-state index contributed by atoms with van der Waals surface area (Å²) < 4.78 is 0. The van der Waals surface area contributed by atoms with Crippen LogP contribution < -0.4 is 10.6 Å². The van der Waals surface area contributed by atoms with E-state index in [4.69, 9.17) is 5.11 Å². The fourth-order valence-electron chi connectivity index (χ4n) is 1.37. The molecule has 0 fully saturated rings. The van der Waals surface area contributed by atoms with Gasteiger partial charge in [0.25, 0.3) is 0 Å². The van der Waals surface area contributed by atoms with Crippen molar-refractivity contribution in [3.63, 3.8) is 0 Å². The predicted octanol–water partition coefficient (Wildman–Crippen LogP) is -0.369. The monoisotopic (exact) mass is 317 g/mol. The Bertz CT molecular complexity index is 371. The Morgan fingerprint density at radius 1 is 0.909 bits per heavy atom. The van der Waals surface area contributed by atoms with Crippen molar-refractivity contribution < 1.29 is 24.3 Å². The number of aliphatic carboxylic acids is 1. The highest BCUT2D eigenvalue weighted by Crippen LogP contribution is 1.84. The molecule has 0 aliphatic heterocycles. The summed E-state index contributed by atoms with van der Waals surface area (Å²) in [5.74, 6) is -1.60. The van der Waals surface area contributed by atoms with Gasteiger partial charge in [-0.3, -0.25) is 24.1 Å². The van der Waals surface area contributed by atoms with E-state index in [0.29, 0.717) is 6.54 Å². The van der Waals surface area contributed by atoms with E-state index >= 15 is 0 Å². The van der Waals surface area contributed by atoms with E-state index < -0.39 is 5.97 Å². The summed E-state index contributed by atoms with van der Waals surface area (Å²) in [5.41, 5.74) is 0. The third-order valence-electron chi connectivity index (χ3n) is 2.29. The van der Waals surface area contributed by atoms with Crippen molar-refractivity contribution in [3.8, 4) is 0 Å². The van der Waals surface area contributed by atoms with Crippen LogP contribution in [0.25, 0.3) is 0 Å². The molecule has 8 nitrogen and oxygen atoms in total. The quantitative estimate of drug-likeness (QED) is 0.506. The van der Waals surface area contributed by atoms with Crippen molar-refractivity contribution in [2.45, 2.75) is 33.6 Å². The van der Waals surface area contributed by atoms with Crippen LogP contribution in [0.3, 0.4) is 0 Å². The Balaban J connectivity index is 0. The van der Waals surface area contributed by atoms with Crippen molar-refractivity contribution in [2.24, 2.45) is 0 Å². The minimum Gasteiger partial charge on any atom is -0.480 e. The van der Waals surface area contributed by atoms with Gasteiger partial charge in [0.15, 0.2) is 0 Å². The number of hydrogen-bond acceptors (Lipinski definition) is 5. The number of likely N-dealkylation sites (N-methyl/N-ethyl adjacent to an activating group) is 1. The Hall–Kier alpha value is -1.96. The second kappa shape index (κ2) is 14.0. The smallest absolute Gasteiger partial charge is 0.317 e. The standard InChI is InChI=1S/C12H21N3O5.C2H6/c1-9(16)3-5-13-10(17)4-6-14-11(18)7-15(2)8-12(19)20;1-2/h3-8H2,1-2H3,(H,13,17)(H,14,18)(H,19,20);1-2H3. The molecule has 2 amide bonds. The summed E-state index contributed by atoms with van der Waals surface area (Å²) in [5, 5.41) is 13.6. The number of hydrogen-bond donors (Lipinski definition) is 3. The van der Waals surface area contributed by atoms with Crippen LogP contribution >= 0.6 is 0 Å². The van der Waals surface area contributed by atoms with Gasteiger partial charge in [0.1, 0.15) is 5.78 Å². The summed E-state index contributed by atoms with van der Waals surface area (Å²) in [4.78, 5) is 45.1. The molecule has 0 spiro atoms. The van der Waals surface area contributed by atoms with E-state index in [2.05, 4.69) is 10.6 Å². The molecule has 3 N–H and O–H groups in total. The van der Waals surface area contributed by atoms with Crippen molar-refractivity contribution >= 4 is 23.6 Å². The number of ketones is 1. The summed E-state index contributed by atoms with van der Waals surface area (Å²) >= 11 is 0. The van der Waals surface area contributed by atoms with Gasteiger partial charge in [-0.05, 0) is 14.0 Å². The molecule has 0 unspecified atom stereocenters. The molecule has 0 heterocycles. The maximum Gasteiger partial charge on any atom is 0.317 e. The molecule has 0 aliphatic carbocycles. The summed E-state index contributed by atoms with van der Waals surface area (Å²) in [6.07, 6.45) is 0.407. The molecule has 0 radical (unpaired) electrons. The number of carbonyl (C=O) groups is 4. The average molecular weight is 317 g/mol. The van der Waals surface area contributed by atoms with Crippen LogP contribution in [0.4, 0.5) is 0 Å². The lowest BCUT2D eigenvalue weighted by molar-refractivity contribution is -0.138. The van der Waals surface area contributed by atoms with Crippen LogP contribution in [-0.4, -0.2) is 66.8 Å². The van der Waals surface area contributed by atoms with Gasteiger partial charge >= 0.3 is 5.97 Å². The average Bonchev–Trinajstić information content (AvgIpc) is 2.39. The van der Waals surface area contributed by atoms with E-state index in [-0.39, 0.29) is 50.1 Å². The first-order valence-corrected chi connectivity index (χ1v) is 7.24. The zero-order chi connectivity index (χ0) is 17.5. The first-order valence-electron chi connectivity index (χ1n) is 7.24. The van der Waals surface area contributed by atoms with E-state index in [0.717, 1.165) is 0 Å². The Labute approximate surface area is 131 Å². The van der Waals surface area contributed by atoms with Gasteiger partial charge in [-0.1, -0.05) is 13.8 Å². The summed E-state index contributed by atoms with van der Waals surface area (Å²) in [6, 6.07) is 0. The maximum atomic E-state index is 11.4. The van der Waals surface area contributed by atoms with Crippen LogP contribution in [-0.2, 0) is 19.2 Å². The van der Waals surface area contributed by atoms with Crippen LogP contribution in [0, 0.1) is 0 Å². The molecule has 0 atom stereocenters. The predicted molar refractivity (Wildman–Crippen MR) is 82.4 cm³/mol. The lowest BCUT2D eigenvalue weighted by atomic mass is 10.3. The van der Waals surface area contributed by atoms with E-state index in [1.165, 1.54) is 18.9 Å².